The first-order valence-electron chi connectivity index (χ1n) is 10.6. The van der Waals surface area contributed by atoms with Gasteiger partial charge in [-0.05, 0) is 50.6 Å². The first-order valence-corrected chi connectivity index (χ1v) is 10.6. The van der Waals surface area contributed by atoms with Crippen molar-refractivity contribution in [1.29, 1.82) is 0 Å². The van der Waals surface area contributed by atoms with Crippen LogP contribution in [-0.2, 0) is 9.59 Å². The van der Waals surface area contributed by atoms with E-state index in [0.717, 1.165) is 77.9 Å². The second-order valence-electron chi connectivity index (χ2n) is 8.32. The molecule has 6 nitrogen and oxygen atoms in total. The first kappa shape index (κ1) is 25.5. The van der Waals surface area contributed by atoms with Crippen LogP contribution in [0.15, 0.2) is 0 Å². The summed E-state index contributed by atoms with van der Waals surface area (Å²) in [5, 5.41) is 0. The van der Waals surface area contributed by atoms with Gasteiger partial charge in [0.15, 0.2) is 0 Å². The number of nitrogens with two attached hydrogens (primary N) is 1. The zero-order valence-corrected chi connectivity index (χ0v) is 18.8. The standard InChI is InChI=1S/C20H36N4O2.2ClH/c1-2-22-10-12-23(13-11-22)19(25)14-16-6-8-24(9-7-16)20(26)18-5-3-4-17(18)15-21;;/h16-18H,2-15,21H2,1H3;2*1H/t17-,18-;;/m1../s1. The molecule has 0 spiro atoms. The summed E-state index contributed by atoms with van der Waals surface area (Å²) in [6.45, 7) is 9.24. The van der Waals surface area contributed by atoms with Crippen LogP contribution in [0.1, 0.15) is 45.4 Å². The van der Waals surface area contributed by atoms with Crippen LogP contribution in [-0.4, -0.2) is 78.9 Å². The summed E-state index contributed by atoms with van der Waals surface area (Å²) in [4.78, 5) is 31.8. The third-order valence-corrected chi connectivity index (χ3v) is 6.84. The van der Waals surface area contributed by atoms with Gasteiger partial charge >= 0.3 is 0 Å². The van der Waals surface area contributed by atoms with Crippen LogP contribution in [0.5, 0.6) is 0 Å². The molecule has 2 N–H and O–H groups in total. The SMILES string of the molecule is CCN1CCN(C(=O)CC2CCN(C(=O)[C@@H]3CCC[C@@H]3CN)CC2)CC1.Cl.Cl. The molecule has 0 bridgehead atoms. The first-order chi connectivity index (χ1) is 12.6. The summed E-state index contributed by atoms with van der Waals surface area (Å²) in [5.74, 6) is 1.59. The Morgan fingerprint density at radius 3 is 2.11 bits per heavy atom. The maximum atomic E-state index is 12.8. The van der Waals surface area contributed by atoms with Crippen molar-refractivity contribution in [3.05, 3.63) is 0 Å². The highest BCUT2D eigenvalue weighted by atomic mass is 35.5. The molecule has 3 aliphatic rings. The van der Waals surface area contributed by atoms with E-state index >= 15 is 0 Å². The van der Waals surface area contributed by atoms with Crippen molar-refractivity contribution >= 4 is 36.6 Å². The summed E-state index contributed by atoms with van der Waals surface area (Å²) in [6, 6.07) is 0. The van der Waals surface area contributed by atoms with Crippen LogP contribution < -0.4 is 5.73 Å². The molecule has 0 aromatic heterocycles. The molecule has 0 radical (unpaired) electrons. The Morgan fingerprint density at radius 2 is 1.54 bits per heavy atom. The van der Waals surface area contributed by atoms with Crippen LogP contribution in [0.3, 0.4) is 0 Å². The molecule has 3 rings (SSSR count). The largest absolute Gasteiger partial charge is 0.342 e. The highest BCUT2D eigenvalue weighted by Gasteiger charge is 2.36. The van der Waals surface area contributed by atoms with Crippen molar-refractivity contribution in [2.45, 2.75) is 45.4 Å². The Labute approximate surface area is 182 Å². The summed E-state index contributed by atoms with van der Waals surface area (Å²) < 4.78 is 0. The van der Waals surface area contributed by atoms with Gasteiger partial charge in [0.1, 0.15) is 0 Å². The van der Waals surface area contributed by atoms with E-state index in [2.05, 4.69) is 11.8 Å². The minimum Gasteiger partial charge on any atom is -0.342 e. The topological polar surface area (TPSA) is 69.9 Å². The van der Waals surface area contributed by atoms with Crippen molar-refractivity contribution in [3.8, 4) is 0 Å². The lowest BCUT2D eigenvalue weighted by molar-refractivity contribution is -0.138. The predicted octanol–water partition coefficient (Wildman–Crippen LogP) is 2.00. The Hall–Kier alpha value is -0.560. The van der Waals surface area contributed by atoms with E-state index in [1.165, 1.54) is 0 Å². The van der Waals surface area contributed by atoms with Gasteiger partial charge in [-0.15, -0.1) is 24.8 Å². The molecule has 0 aromatic rings. The van der Waals surface area contributed by atoms with E-state index in [0.29, 0.717) is 36.6 Å². The van der Waals surface area contributed by atoms with Gasteiger partial charge in [0.2, 0.25) is 11.8 Å². The van der Waals surface area contributed by atoms with Crippen molar-refractivity contribution in [3.63, 3.8) is 0 Å². The molecule has 2 atom stereocenters. The minimum atomic E-state index is 0. The van der Waals surface area contributed by atoms with Crippen LogP contribution in [0.2, 0.25) is 0 Å². The third kappa shape index (κ3) is 6.22. The molecule has 1 aliphatic carbocycles. The molecule has 2 saturated heterocycles. The zero-order valence-electron chi connectivity index (χ0n) is 17.2. The minimum absolute atomic E-state index is 0. The Kier molecular flexibility index (Phi) is 11.1. The van der Waals surface area contributed by atoms with Gasteiger partial charge in [0.25, 0.3) is 0 Å². The Bertz CT molecular complexity index is 493. The summed E-state index contributed by atoms with van der Waals surface area (Å²) >= 11 is 0. The fourth-order valence-corrected chi connectivity index (χ4v) is 4.93. The van der Waals surface area contributed by atoms with Gasteiger partial charge in [0.05, 0.1) is 0 Å². The summed E-state index contributed by atoms with van der Waals surface area (Å²) in [7, 11) is 0. The van der Waals surface area contributed by atoms with Gasteiger partial charge in [-0.2, -0.15) is 0 Å². The van der Waals surface area contributed by atoms with Crippen molar-refractivity contribution in [2.75, 3.05) is 52.4 Å². The molecule has 1 saturated carbocycles. The molecule has 2 heterocycles. The number of likely N-dealkylation sites (tertiary alicyclic amines) is 1. The monoisotopic (exact) mass is 436 g/mol. The van der Waals surface area contributed by atoms with Gasteiger partial charge in [-0.3, -0.25) is 9.59 Å². The molecule has 28 heavy (non-hydrogen) atoms. The number of hydrogen-bond acceptors (Lipinski definition) is 4. The molecule has 2 amide bonds. The molecular formula is C20H38Cl2N4O2. The number of rotatable bonds is 5. The number of likely N-dealkylation sites (N-methyl/N-ethyl adjacent to an activating group) is 1. The lowest BCUT2D eigenvalue weighted by Gasteiger charge is -2.37. The Balaban J connectivity index is 0.00000196. The van der Waals surface area contributed by atoms with Gasteiger partial charge in [0, 0.05) is 51.6 Å². The van der Waals surface area contributed by atoms with E-state index in [-0.39, 0.29) is 30.7 Å². The smallest absolute Gasteiger partial charge is 0.226 e. The number of carbonyl (C=O) groups excluding carboxylic acids is 2. The van der Waals surface area contributed by atoms with E-state index in [9.17, 15) is 9.59 Å². The highest BCUT2D eigenvalue weighted by Crippen LogP contribution is 2.33. The number of hydrogen-bond donors (Lipinski definition) is 1. The maximum absolute atomic E-state index is 12.8. The van der Waals surface area contributed by atoms with Crippen LogP contribution >= 0.6 is 24.8 Å². The molecule has 164 valence electrons. The molecule has 0 unspecified atom stereocenters. The normalized spacial score (nSPS) is 26.5. The summed E-state index contributed by atoms with van der Waals surface area (Å²) in [5.41, 5.74) is 5.84. The second kappa shape index (κ2) is 12.2. The zero-order chi connectivity index (χ0) is 18.5. The van der Waals surface area contributed by atoms with Gasteiger partial charge in [-0.25, -0.2) is 0 Å². The average molecular weight is 437 g/mol. The number of carbonyl (C=O) groups is 2. The number of halogens is 2. The Morgan fingerprint density at radius 1 is 0.893 bits per heavy atom. The van der Waals surface area contributed by atoms with Crippen molar-refractivity contribution in [2.24, 2.45) is 23.5 Å². The fraction of sp³-hybridized carbons (Fsp3) is 0.900. The molecule has 8 heteroatoms. The number of piperidine rings is 1. The van der Waals surface area contributed by atoms with Gasteiger partial charge < -0.3 is 20.4 Å². The quantitative estimate of drug-likeness (QED) is 0.715. The van der Waals surface area contributed by atoms with Crippen LogP contribution in [0.4, 0.5) is 0 Å². The van der Waals surface area contributed by atoms with E-state index in [1.807, 2.05) is 9.80 Å². The van der Waals surface area contributed by atoms with E-state index in [1.54, 1.807) is 0 Å². The lowest BCUT2D eigenvalue weighted by atomic mass is 9.90. The van der Waals surface area contributed by atoms with E-state index in [4.69, 9.17) is 5.73 Å². The third-order valence-electron chi connectivity index (χ3n) is 6.84. The predicted molar refractivity (Wildman–Crippen MR) is 117 cm³/mol. The number of nitrogens with zero attached hydrogens (tertiary/aromatic N) is 3. The number of amides is 2. The summed E-state index contributed by atoms with van der Waals surface area (Å²) in [6.07, 6.45) is 5.82. The molecule has 3 fully saturated rings. The van der Waals surface area contributed by atoms with Crippen LogP contribution in [0, 0.1) is 17.8 Å². The second-order valence-corrected chi connectivity index (χ2v) is 8.32. The molecule has 2 aliphatic heterocycles. The molecular weight excluding hydrogens is 399 g/mol. The number of piperazine rings is 1. The van der Waals surface area contributed by atoms with Gasteiger partial charge in [-0.1, -0.05) is 13.3 Å². The van der Waals surface area contributed by atoms with Crippen LogP contribution in [0.25, 0.3) is 0 Å². The highest BCUT2D eigenvalue weighted by molar-refractivity contribution is 5.85. The molecule has 0 aromatic carbocycles. The average Bonchev–Trinajstić information content (AvgIpc) is 3.17. The fourth-order valence-electron chi connectivity index (χ4n) is 4.93. The van der Waals surface area contributed by atoms with Crippen molar-refractivity contribution in [1.82, 2.24) is 14.7 Å². The van der Waals surface area contributed by atoms with Crippen molar-refractivity contribution < 1.29 is 9.59 Å². The maximum Gasteiger partial charge on any atom is 0.226 e. The lowest BCUT2D eigenvalue weighted by Crippen LogP contribution is -2.49. The van der Waals surface area contributed by atoms with E-state index < -0.39 is 0 Å².